The molecule has 0 aromatic carbocycles. The van der Waals surface area contributed by atoms with Crippen molar-refractivity contribution in [1.29, 1.82) is 0 Å². The molecule has 0 aromatic heterocycles. The SMILES string of the molecule is CCCCCCC=COC(=O)CCC(=O)O.O=C(O)CCC(=O)O. The molecule has 24 heavy (non-hydrogen) atoms. The Kier molecular flexibility index (Phi) is 16.9. The van der Waals surface area contributed by atoms with Crippen LogP contribution in [-0.4, -0.2) is 39.2 Å². The fourth-order valence-corrected chi connectivity index (χ4v) is 1.36. The summed E-state index contributed by atoms with van der Waals surface area (Å²) in [4.78, 5) is 40.4. The molecule has 0 fully saturated rings. The zero-order valence-electron chi connectivity index (χ0n) is 13.9. The molecule has 0 aliphatic rings. The van der Waals surface area contributed by atoms with Crippen molar-refractivity contribution in [3.63, 3.8) is 0 Å². The number of carbonyl (C=O) groups is 4. The molecule has 8 heteroatoms. The Balaban J connectivity index is 0. The molecule has 0 bridgehead atoms. The molecular weight excluding hydrogens is 320 g/mol. The molecule has 3 N–H and O–H groups in total. The van der Waals surface area contributed by atoms with Crippen molar-refractivity contribution >= 4 is 23.9 Å². The third kappa shape index (κ3) is 24.6. The first-order chi connectivity index (χ1) is 11.3. The topological polar surface area (TPSA) is 138 Å². The van der Waals surface area contributed by atoms with Crippen LogP contribution in [0.5, 0.6) is 0 Å². The van der Waals surface area contributed by atoms with Crippen molar-refractivity contribution in [2.24, 2.45) is 0 Å². The van der Waals surface area contributed by atoms with Gasteiger partial charge in [-0.3, -0.25) is 19.2 Å². The Morgan fingerprint density at radius 2 is 1.29 bits per heavy atom. The summed E-state index contributed by atoms with van der Waals surface area (Å²) in [7, 11) is 0. The zero-order chi connectivity index (χ0) is 18.8. The number of carboxylic acid groups (broad SMARTS) is 3. The molecule has 8 nitrogen and oxygen atoms in total. The first-order valence-electron chi connectivity index (χ1n) is 7.79. The lowest BCUT2D eigenvalue weighted by Crippen LogP contribution is -2.03. The molecule has 0 amide bonds. The van der Waals surface area contributed by atoms with Crippen LogP contribution in [0.15, 0.2) is 12.3 Å². The smallest absolute Gasteiger partial charge is 0.311 e. The summed E-state index contributed by atoms with van der Waals surface area (Å²) in [5.41, 5.74) is 0. The number of aliphatic carboxylic acids is 3. The quantitative estimate of drug-likeness (QED) is 0.278. The highest BCUT2D eigenvalue weighted by molar-refractivity contribution is 5.76. The monoisotopic (exact) mass is 346 g/mol. The van der Waals surface area contributed by atoms with Gasteiger partial charge in [-0.1, -0.05) is 26.2 Å². The van der Waals surface area contributed by atoms with Crippen molar-refractivity contribution in [3.05, 3.63) is 12.3 Å². The van der Waals surface area contributed by atoms with Crippen LogP contribution in [-0.2, 0) is 23.9 Å². The number of esters is 1. The second kappa shape index (κ2) is 17.0. The molecule has 138 valence electrons. The van der Waals surface area contributed by atoms with E-state index in [1.165, 1.54) is 25.5 Å². The Morgan fingerprint density at radius 3 is 1.75 bits per heavy atom. The highest BCUT2D eigenvalue weighted by Gasteiger charge is 2.04. The maximum absolute atomic E-state index is 10.9. The average molecular weight is 346 g/mol. The van der Waals surface area contributed by atoms with Gasteiger partial charge in [0.05, 0.1) is 31.9 Å². The standard InChI is InChI=1S/C12H20O4.C4H6O4/c1-2-3-4-5-6-7-10-16-12(15)9-8-11(13)14;5-3(6)1-2-4(7)8/h7,10H,2-6,8-9H2,1H3,(H,13,14);1-2H2,(H,5,6)(H,7,8). The predicted octanol–water partition coefficient (Wildman–Crippen LogP) is 2.81. The highest BCUT2D eigenvalue weighted by Crippen LogP contribution is 2.03. The molecule has 0 aromatic rings. The third-order valence-electron chi connectivity index (χ3n) is 2.62. The van der Waals surface area contributed by atoms with Gasteiger partial charge in [0.2, 0.25) is 0 Å². The Morgan fingerprint density at radius 1 is 0.792 bits per heavy atom. The van der Waals surface area contributed by atoms with Gasteiger partial charge in [0.25, 0.3) is 0 Å². The largest absolute Gasteiger partial charge is 0.481 e. The van der Waals surface area contributed by atoms with Crippen LogP contribution in [0.2, 0.25) is 0 Å². The molecule has 0 unspecified atom stereocenters. The van der Waals surface area contributed by atoms with Gasteiger partial charge in [-0.25, -0.2) is 0 Å². The van der Waals surface area contributed by atoms with Crippen LogP contribution in [0, 0.1) is 0 Å². The van der Waals surface area contributed by atoms with Crippen LogP contribution in [0.3, 0.4) is 0 Å². The fourth-order valence-electron chi connectivity index (χ4n) is 1.36. The molecule has 0 saturated carbocycles. The zero-order valence-corrected chi connectivity index (χ0v) is 13.9. The van der Waals surface area contributed by atoms with Crippen molar-refractivity contribution in [2.45, 2.75) is 64.7 Å². The third-order valence-corrected chi connectivity index (χ3v) is 2.62. The summed E-state index contributed by atoms with van der Waals surface area (Å²) in [5, 5.41) is 24.1. The predicted molar refractivity (Wildman–Crippen MR) is 85.4 cm³/mol. The maximum atomic E-state index is 10.9. The van der Waals surface area contributed by atoms with Crippen LogP contribution >= 0.6 is 0 Å². The number of hydrogen-bond acceptors (Lipinski definition) is 5. The van der Waals surface area contributed by atoms with Gasteiger partial charge in [-0.05, 0) is 18.9 Å². The van der Waals surface area contributed by atoms with Crippen LogP contribution in [0.1, 0.15) is 64.7 Å². The van der Waals surface area contributed by atoms with Crippen molar-refractivity contribution < 1.29 is 39.2 Å². The molecular formula is C16H26O8. The van der Waals surface area contributed by atoms with E-state index in [2.05, 4.69) is 6.92 Å². The Bertz CT molecular complexity index is 400. The average Bonchev–Trinajstić information content (AvgIpc) is 2.50. The van der Waals surface area contributed by atoms with Crippen molar-refractivity contribution in [1.82, 2.24) is 0 Å². The van der Waals surface area contributed by atoms with Gasteiger partial charge >= 0.3 is 23.9 Å². The molecule has 0 spiro atoms. The molecule has 0 heterocycles. The lowest BCUT2D eigenvalue weighted by Gasteiger charge is -1.97. The summed E-state index contributed by atoms with van der Waals surface area (Å²) in [6, 6.07) is 0. The summed E-state index contributed by atoms with van der Waals surface area (Å²) in [5.74, 6) is -3.63. The Hall–Kier alpha value is -2.38. The van der Waals surface area contributed by atoms with Gasteiger partial charge in [0.1, 0.15) is 0 Å². The molecule has 0 saturated heterocycles. The molecule has 0 aliphatic heterocycles. The molecule has 0 aliphatic carbocycles. The number of carbonyl (C=O) groups excluding carboxylic acids is 1. The summed E-state index contributed by atoms with van der Waals surface area (Å²) in [6.07, 6.45) is 7.92. The number of ether oxygens (including phenoxy) is 1. The van der Waals surface area contributed by atoms with Gasteiger partial charge in [-0.15, -0.1) is 0 Å². The summed E-state index contributed by atoms with van der Waals surface area (Å²) < 4.78 is 4.72. The first-order valence-corrected chi connectivity index (χ1v) is 7.79. The first kappa shape index (κ1) is 23.9. The van der Waals surface area contributed by atoms with E-state index in [-0.39, 0.29) is 25.7 Å². The number of hydrogen-bond donors (Lipinski definition) is 3. The number of carboxylic acids is 3. The minimum Gasteiger partial charge on any atom is -0.481 e. The second-order valence-corrected chi connectivity index (χ2v) is 4.89. The summed E-state index contributed by atoms with van der Waals surface area (Å²) in [6.45, 7) is 2.15. The van der Waals surface area contributed by atoms with E-state index >= 15 is 0 Å². The maximum Gasteiger partial charge on any atom is 0.311 e. The highest BCUT2D eigenvalue weighted by atomic mass is 16.5. The van der Waals surface area contributed by atoms with Crippen molar-refractivity contribution in [2.75, 3.05) is 0 Å². The van der Waals surface area contributed by atoms with E-state index < -0.39 is 23.9 Å². The van der Waals surface area contributed by atoms with Gasteiger partial charge in [0, 0.05) is 0 Å². The molecule has 0 rings (SSSR count). The van der Waals surface area contributed by atoms with E-state index in [9.17, 15) is 19.2 Å². The second-order valence-electron chi connectivity index (χ2n) is 4.89. The molecule has 0 radical (unpaired) electrons. The van der Waals surface area contributed by atoms with E-state index in [4.69, 9.17) is 20.1 Å². The summed E-state index contributed by atoms with van der Waals surface area (Å²) >= 11 is 0. The lowest BCUT2D eigenvalue weighted by molar-refractivity contribution is -0.144. The van der Waals surface area contributed by atoms with E-state index in [0.717, 1.165) is 12.8 Å². The minimum atomic E-state index is -1.08. The number of unbranched alkanes of at least 4 members (excludes halogenated alkanes) is 4. The normalized spacial score (nSPS) is 9.88. The lowest BCUT2D eigenvalue weighted by atomic mass is 10.1. The van der Waals surface area contributed by atoms with E-state index in [1.807, 2.05) is 0 Å². The van der Waals surface area contributed by atoms with Crippen LogP contribution < -0.4 is 0 Å². The van der Waals surface area contributed by atoms with Crippen LogP contribution in [0.25, 0.3) is 0 Å². The molecule has 0 atom stereocenters. The van der Waals surface area contributed by atoms with Crippen LogP contribution in [0.4, 0.5) is 0 Å². The minimum absolute atomic E-state index is 0.0739. The number of allylic oxidation sites excluding steroid dienone is 1. The van der Waals surface area contributed by atoms with Gasteiger partial charge in [0.15, 0.2) is 0 Å². The number of rotatable bonds is 12. The van der Waals surface area contributed by atoms with E-state index in [1.54, 1.807) is 6.08 Å². The van der Waals surface area contributed by atoms with E-state index in [0.29, 0.717) is 0 Å². The van der Waals surface area contributed by atoms with Gasteiger partial charge < -0.3 is 20.1 Å². The fraction of sp³-hybridized carbons (Fsp3) is 0.625. The van der Waals surface area contributed by atoms with Gasteiger partial charge in [-0.2, -0.15) is 0 Å². The van der Waals surface area contributed by atoms with Crippen molar-refractivity contribution in [3.8, 4) is 0 Å². The Labute approximate surface area is 141 Å².